The summed E-state index contributed by atoms with van der Waals surface area (Å²) in [6.45, 7) is 3.61. The summed E-state index contributed by atoms with van der Waals surface area (Å²) >= 11 is 0. The Balaban J connectivity index is 2.16. The summed E-state index contributed by atoms with van der Waals surface area (Å²) in [7, 11) is 2.08. The molecule has 1 aromatic rings. The lowest BCUT2D eigenvalue weighted by Crippen LogP contribution is -2.49. The minimum atomic E-state index is -0.398. The van der Waals surface area contributed by atoms with Crippen LogP contribution < -0.4 is 5.73 Å². The van der Waals surface area contributed by atoms with Crippen molar-refractivity contribution in [2.75, 3.05) is 33.2 Å². The number of primary amides is 1. The van der Waals surface area contributed by atoms with Crippen LogP contribution in [0.15, 0.2) is 24.4 Å². The molecule has 0 radical (unpaired) electrons. The van der Waals surface area contributed by atoms with E-state index in [1.807, 2.05) is 18.2 Å². The zero-order valence-electron chi connectivity index (χ0n) is 10.0. The molecule has 1 aromatic heterocycles. The smallest absolute Gasteiger partial charge is 0.241 e. The van der Waals surface area contributed by atoms with Crippen LogP contribution in [0, 0.1) is 0 Å². The third-order valence-electron chi connectivity index (χ3n) is 3.14. The van der Waals surface area contributed by atoms with Crippen molar-refractivity contribution in [1.29, 1.82) is 0 Å². The van der Waals surface area contributed by atoms with E-state index in [9.17, 15) is 4.79 Å². The summed E-state index contributed by atoms with van der Waals surface area (Å²) in [4.78, 5) is 20.2. The van der Waals surface area contributed by atoms with Crippen molar-refractivity contribution in [3.8, 4) is 0 Å². The second-order valence-corrected chi connectivity index (χ2v) is 4.40. The Labute approximate surface area is 101 Å². The van der Waals surface area contributed by atoms with Gasteiger partial charge in [0.05, 0.1) is 5.69 Å². The van der Waals surface area contributed by atoms with Crippen LogP contribution in [0.5, 0.6) is 0 Å². The third-order valence-corrected chi connectivity index (χ3v) is 3.14. The molecule has 0 aromatic carbocycles. The normalized spacial score (nSPS) is 20.1. The molecule has 1 aliphatic rings. The van der Waals surface area contributed by atoms with Gasteiger partial charge in [0.25, 0.3) is 0 Å². The first kappa shape index (κ1) is 12.0. The first-order chi connectivity index (χ1) is 8.18. The van der Waals surface area contributed by atoms with Crippen molar-refractivity contribution in [3.63, 3.8) is 0 Å². The number of amides is 1. The van der Waals surface area contributed by atoms with Gasteiger partial charge in [-0.1, -0.05) is 6.07 Å². The van der Waals surface area contributed by atoms with E-state index in [4.69, 9.17) is 5.73 Å². The molecule has 92 valence electrons. The van der Waals surface area contributed by atoms with Crippen LogP contribution in [0.1, 0.15) is 11.7 Å². The summed E-state index contributed by atoms with van der Waals surface area (Å²) in [6.07, 6.45) is 1.70. The van der Waals surface area contributed by atoms with Gasteiger partial charge in [-0.3, -0.25) is 14.7 Å². The highest BCUT2D eigenvalue weighted by molar-refractivity contribution is 5.80. The maximum Gasteiger partial charge on any atom is 0.241 e. The zero-order valence-corrected chi connectivity index (χ0v) is 10.0. The molecule has 0 aliphatic carbocycles. The number of aromatic nitrogens is 1. The molecule has 0 bridgehead atoms. The molecular weight excluding hydrogens is 216 g/mol. The summed E-state index contributed by atoms with van der Waals surface area (Å²) in [5.74, 6) is -0.326. The number of pyridine rings is 1. The fraction of sp³-hybridized carbons (Fsp3) is 0.500. The summed E-state index contributed by atoms with van der Waals surface area (Å²) < 4.78 is 0. The molecule has 1 saturated heterocycles. The van der Waals surface area contributed by atoms with Gasteiger partial charge in [-0.05, 0) is 19.2 Å². The molecular formula is C12H18N4O. The SMILES string of the molecule is CN1CCN(C(C(N)=O)c2ccccn2)CC1. The Bertz CT molecular complexity index is 373. The van der Waals surface area contributed by atoms with E-state index < -0.39 is 6.04 Å². The highest BCUT2D eigenvalue weighted by Gasteiger charge is 2.28. The van der Waals surface area contributed by atoms with E-state index in [-0.39, 0.29) is 5.91 Å². The monoisotopic (exact) mass is 234 g/mol. The molecule has 0 saturated carbocycles. The largest absolute Gasteiger partial charge is 0.368 e. The minimum absolute atomic E-state index is 0.326. The minimum Gasteiger partial charge on any atom is -0.368 e. The average Bonchev–Trinajstić information content (AvgIpc) is 2.33. The molecule has 2 rings (SSSR count). The Morgan fingerprint density at radius 1 is 1.35 bits per heavy atom. The molecule has 5 heteroatoms. The number of piperazine rings is 1. The predicted molar refractivity (Wildman–Crippen MR) is 65.2 cm³/mol. The van der Waals surface area contributed by atoms with Crippen LogP contribution in [0.25, 0.3) is 0 Å². The van der Waals surface area contributed by atoms with Crippen molar-refractivity contribution in [1.82, 2.24) is 14.8 Å². The Kier molecular flexibility index (Phi) is 3.71. The number of rotatable bonds is 3. The summed E-state index contributed by atoms with van der Waals surface area (Å²) in [5, 5.41) is 0. The number of carbonyl (C=O) groups is 1. The molecule has 2 heterocycles. The van der Waals surface area contributed by atoms with Crippen LogP contribution in [0.2, 0.25) is 0 Å². The molecule has 1 aliphatic heterocycles. The number of likely N-dealkylation sites (N-methyl/N-ethyl adjacent to an activating group) is 1. The molecule has 0 spiro atoms. The quantitative estimate of drug-likeness (QED) is 0.790. The Hall–Kier alpha value is -1.46. The third kappa shape index (κ3) is 2.81. The number of hydrogen-bond acceptors (Lipinski definition) is 4. The lowest BCUT2D eigenvalue weighted by molar-refractivity contribution is -0.124. The van der Waals surface area contributed by atoms with Crippen LogP contribution >= 0.6 is 0 Å². The molecule has 1 atom stereocenters. The van der Waals surface area contributed by atoms with Crippen LogP contribution in [-0.2, 0) is 4.79 Å². The lowest BCUT2D eigenvalue weighted by Gasteiger charge is -2.36. The molecule has 1 unspecified atom stereocenters. The van der Waals surface area contributed by atoms with E-state index >= 15 is 0 Å². The van der Waals surface area contributed by atoms with E-state index in [0.29, 0.717) is 0 Å². The van der Waals surface area contributed by atoms with Gasteiger partial charge in [0.2, 0.25) is 5.91 Å². The second kappa shape index (κ2) is 5.25. The maximum absolute atomic E-state index is 11.6. The van der Waals surface area contributed by atoms with Crippen molar-refractivity contribution in [2.24, 2.45) is 5.73 Å². The molecule has 5 nitrogen and oxygen atoms in total. The Morgan fingerprint density at radius 3 is 2.59 bits per heavy atom. The molecule has 17 heavy (non-hydrogen) atoms. The van der Waals surface area contributed by atoms with Crippen LogP contribution in [-0.4, -0.2) is 53.9 Å². The Morgan fingerprint density at radius 2 is 2.06 bits per heavy atom. The highest BCUT2D eigenvalue weighted by Crippen LogP contribution is 2.19. The maximum atomic E-state index is 11.6. The van der Waals surface area contributed by atoms with Gasteiger partial charge in [-0.25, -0.2) is 0 Å². The molecule has 1 amide bonds. The zero-order chi connectivity index (χ0) is 12.3. The fourth-order valence-electron chi connectivity index (χ4n) is 2.13. The van der Waals surface area contributed by atoms with Gasteiger partial charge in [-0.15, -0.1) is 0 Å². The van der Waals surface area contributed by atoms with Crippen LogP contribution in [0.4, 0.5) is 0 Å². The van der Waals surface area contributed by atoms with E-state index in [1.165, 1.54) is 0 Å². The van der Waals surface area contributed by atoms with Gasteiger partial charge in [0.15, 0.2) is 0 Å². The van der Waals surface area contributed by atoms with Crippen molar-refractivity contribution in [2.45, 2.75) is 6.04 Å². The average molecular weight is 234 g/mol. The highest BCUT2D eigenvalue weighted by atomic mass is 16.1. The van der Waals surface area contributed by atoms with Crippen molar-refractivity contribution < 1.29 is 4.79 Å². The summed E-state index contributed by atoms with van der Waals surface area (Å²) in [6, 6.07) is 5.18. The molecule has 1 fully saturated rings. The van der Waals surface area contributed by atoms with E-state index in [1.54, 1.807) is 6.20 Å². The van der Waals surface area contributed by atoms with Gasteiger partial charge in [-0.2, -0.15) is 0 Å². The predicted octanol–water partition coefficient (Wildman–Crippen LogP) is -0.145. The van der Waals surface area contributed by atoms with Gasteiger partial charge < -0.3 is 10.6 Å². The van der Waals surface area contributed by atoms with Gasteiger partial charge in [0.1, 0.15) is 6.04 Å². The van der Waals surface area contributed by atoms with E-state index in [2.05, 4.69) is 21.8 Å². The second-order valence-electron chi connectivity index (χ2n) is 4.40. The first-order valence-electron chi connectivity index (χ1n) is 5.81. The number of carbonyl (C=O) groups excluding carboxylic acids is 1. The fourth-order valence-corrected chi connectivity index (χ4v) is 2.13. The van der Waals surface area contributed by atoms with Gasteiger partial charge in [0, 0.05) is 32.4 Å². The summed E-state index contributed by atoms with van der Waals surface area (Å²) in [5.41, 5.74) is 6.24. The number of nitrogens with two attached hydrogens (primary N) is 1. The number of hydrogen-bond donors (Lipinski definition) is 1. The number of nitrogens with zero attached hydrogens (tertiary/aromatic N) is 3. The molecule has 2 N–H and O–H groups in total. The topological polar surface area (TPSA) is 62.5 Å². The van der Waals surface area contributed by atoms with Gasteiger partial charge >= 0.3 is 0 Å². The van der Waals surface area contributed by atoms with Crippen molar-refractivity contribution in [3.05, 3.63) is 30.1 Å². The standard InChI is InChI=1S/C12H18N4O/c1-15-6-8-16(9-7-15)11(12(13)17)10-4-2-3-5-14-10/h2-5,11H,6-9H2,1H3,(H2,13,17). The van der Waals surface area contributed by atoms with Crippen molar-refractivity contribution >= 4 is 5.91 Å². The lowest BCUT2D eigenvalue weighted by atomic mass is 10.1. The van der Waals surface area contributed by atoms with Crippen LogP contribution in [0.3, 0.4) is 0 Å². The van der Waals surface area contributed by atoms with E-state index in [0.717, 1.165) is 31.9 Å². The first-order valence-corrected chi connectivity index (χ1v) is 5.81.